The smallest absolute Gasteiger partial charge is 0.338 e. The fourth-order valence-electron chi connectivity index (χ4n) is 3.32. The summed E-state index contributed by atoms with van der Waals surface area (Å²) in [5, 5.41) is 0. The quantitative estimate of drug-likeness (QED) is 0.111. The molecule has 206 valence electrons. The van der Waals surface area contributed by atoms with Crippen LogP contribution >= 0.6 is 0 Å². The molecule has 0 aliphatic heterocycles. The van der Waals surface area contributed by atoms with E-state index in [1.165, 1.54) is 6.92 Å². The number of rotatable bonds is 10. The molecule has 0 amide bonds. The minimum absolute atomic E-state index is 0.109. The van der Waals surface area contributed by atoms with Crippen LogP contribution in [0.1, 0.15) is 41.5 Å². The summed E-state index contributed by atoms with van der Waals surface area (Å²) < 4.78 is 22.5. The van der Waals surface area contributed by atoms with E-state index in [1.807, 2.05) is 70.2 Å². The van der Waals surface area contributed by atoms with Crippen molar-refractivity contribution in [2.45, 2.75) is 41.5 Å². The van der Waals surface area contributed by atoms with Gasteiger partial charge in [-0.2, -0.15) is 0 Å². The Morgan fingerprint density at radius 2 is 0.900 bits per heavy atom. The average molecular weight is 539 g/mol. The first-order valence-corrected chi connectivity index (χ1v) is 12.7. The number of allylic oxidation sites excluding steroid dienone is 2. The molecule has 0 heterocycles. The predicted octanol–water partition coefficient (Wildman–Crippen LogP) is 8.59. The third kappa shape index (κ3) is 8.08. The third-order valence-electron chi connectivity index (χ3n) is 5.38. The first-order chi connectivity index (χ1) is 18.9. The lowest BCUT2D eigenvalue weighted by molar-refractivity contribution is -0.132. The van der Waals surface area contributed by atoms with Crippen LogP contribution in [-0.4, -0.2) is 11.9 Å². The average Bonchev–Trinajstić information content (AvgIpc) is 2.91. The summed E-state index contributed by atoms with van der Waals surface area (Å²) >= 11 is 0. The summed E-state index contributed by atoms with van der Waals surface area (Å²) in [6.45, 7) is 18.1. The lowest BCUT2D eigenvalue weighted by atomic mass is 9.99. The van der Waals surface area contributed by atoms with E-state index in [0.717, 1.165) is 33.4 Å². The molecule has 6 nitrogen and oxygen atoms in total. The van der Waals surface area contributed by atoms with Crippen molar-refractivity contribution in [3.63, 3.8) is 0 Å². The van der Waals surface area contributed by atoms with Gasteiger partial charge < -0.3 is 18.9 Å². The molecule has 0 aliphatic rings. The van der Waals surface area contributed by atoms with E-state index in [1.54, 1.807) is 37.6 Å². The van der Waals surface area contributed by atoms with Gasteiger partial charge in [0.2, 0.25) is 0 Å². The summed E-state index contributed by atoms with van der Waals surface area (Å²) in [6.07, 6.45) is 3.37. The number of hydrogen-bond acceptors (Lipinski definition) is 6. The molecule has 0 saturated carbocycles. The van der Waals surface area contributed by atoms with Gasteiger partial charge in [0.05, 0.1) is 12.5 Å². The summed E-state index contributed by atoms with van der Waals surface area (Å²) in [6, 6.07) is 18.7. The van der Waals surface area contributed by atoms with Gasteiger partial charge in [0.25, 0.3) is 0 Å². The van der Waals surface area contributed by atoms with Crippen LogP contribution in [0.5, 0.6) is 23.0 Å². The molecule has 0 aliphatic carbocycles. The van der Waals surface area contributed by atoms with Gasteiger partial charge in [-0.05, 0) is 99.2 Å². The van der Waals surface area contributed by atoms with Crippen molar-refractivity contribution in [1.29, 1.82) is 0 Å². The van der Waals surface area contributed by atoms with Crippen molar-refractivity contribution in [1.82, 2.24) is 0 Å². The number of ether oxygens (including phenoxy) is 4. The molecule has 0 atom stereocenters. The van der Waals surface area contributed by atoms with Crippen LogP contribution < -0.4 is 18.9 Å². The molecule has 0 N–H and O–H groups in total. The molecular formula is C34H34O6. The number of benzene rings is 3. The second kappa shape index (κ2) is 13.3. The molecule has 0 unspecified atom stereocenters. The molecule has 3 rings (SSSR count). The highest BCUT2D eigenvalue weighted by molar-refractivity contribution is 5.91. The Kier molecular flexibility index (Phi) is 9.87. The topological polar surface area (TPSA) is 71.1 Å². The van der Waals surface area contributed by atoms with Gasteiger partial charge in [-0.15, -0.1) is 0 Å². The SMILES string of the molecule is C=C(C)C(=O)Oc1ccc(-c2ccc(-c3ccc(OC=C(C)C)c(OC=C(C)C)c3)cc2)cc1OC(=O)C(=C)C. The largest absolute Gasteiger partial charge is 0.461 e. The van der Waals surface area contributed by atoms with Crippen molar-refractivity contribution in [2.24, 2.45) is 0 Å². The van der Waals surface area contributed by atoms with Crippen LogP contribution in [0.25, 0.3) is 22.3 Å². The van der Waals surface area contributed by atoms with E-state index in [-0.39, 0.29) is 22.6 Å². The van der Waals surface area contributed by atoms with Crippen molar-refractivity contribution in [3.8, 4) is 45.3 Å². The van der Waals surface area contributed by atoms with Crippen LogP contribution in [0.4, 0.5) is 0 Å². The van der Waals surface area contributed by atoms with Gasteiger partial charge in [-0.3, -0.25) is 0 Å². The Bertz CT molecular complexity index is 1500. The van der Waals surface area contributed by atoms with E-state index in [4.69, 9.17) is 18.9 Å². The molecule has 3 aromatic rings. The zero-order valence-electron chi connectivity index (χ0n) is 23.8. The third-order valence-corrected chi connectivity index (χ3v) is 5.38. The molecule has 0 aromatic heterocycles. The summed E-state index contributed by atoms with van der Waals surface area (Å²) in [7, 11) is 0. The summed E-state index contributed by atoms with van der Waals surface area (Å²) in [5.41, 5.74) is 6.07. The Labute approximate surface area is 235 Å². The van der Waals surface area contributed by atoms with Gasteiger partial charge in [-0.1, -0.05) is 49.6 Å². The summed E-state index contributed by atoms with van der Waals surface area (Å²) in [4.78, 5) is 24.3. The van der Waals surface area contributed by atoms with Crippen LogP contribution in [0.2, 0.25) is 0 Å². The Balaban J connectivity index is 1.95. The predicted molar refractivity (Wildman–Crippen MR) is 158 cm³/mol. The molecule has 0 radical (unpaired) electrons. The van der Waals surface area contributed by atoms with Gasteiger partial charge in [0, 0.05) is 11.1 Å². The first-order valence-electron chi connectivity index (χ1n) is 12.7. The highest BCUT2D eigenvalue weighted by Crippen LogP contribution is 2.36. The number of carbonyl (C=O) groups is 2. The maximum atomic E-state index is 12.2. The standard InChI is InChI=1S/C34H34O6/c1-21(2)19-37-29-15-13-27(17-31(29)38-20-22(3)4)25-9-11-26(12-10-25)28-14-16-30(39-33(35)23(5)6)32(18-28)40-34(36)24(7)8/h9-20H,5,7H2,1-4,6,8H3. The van der Waals surface area contributed by atoms with Crippen LogP contribution in [0.15, 0.2) is 109 Å². The molecule has 0 saturated heterocycles. The number of carbonyl (C=O) groups excluding carboxylic acids is 2. The second-order valence-electron chi connectivity index (χ2n) is 9.87. The Morgan fingerprint density at radius 1 is 0.525 bits per heavy atom. The normalized spacial score (nSPS) is 10.2. The van der Waals surface area contributed by atoms with Crippen molar-refractivity contribution < 1.29 is 28.5 Å². The highest BCUT2D eigenvalue weighted by atomic mass is 16.6. The second-order valence-corrected chi connectivity index (χ2v) is 9.87. The molecule has 6 heteroatoms. The lowest BCUT2D eigenvalue weighted by Gasteiger charge is -2.13. The molecule has 0 spiro atoms. The molecule has 0 bridgehead atoms. The van der Waals surface area contributed by atoms with Crippen LogP contribution in [-0.2, 0) is 9.59 Å². The molecule has 0 fully saturated rings. The van der Waals surface area contributed by atoms with Crippen LogP contribution in [0, 0.1) is 0 Å². The highest BCUT2D eigenvalue weighted by Gasteiger charge is 2.16. The fraction of sp³-hybridized carbons (Fsp3) is 0.176. The van der Waals surface area contributed by atoms with Gasteiger partial charge in [0.15, 0.2) is 23.0 Å². The Hall–Kier alpha value is -4.84. The minimum atomic E-state index is -0.622. The fourth-order valence-corrected chi connectivity index (χ4v) is 3.32. The molecular weight excluding hydrogens is 504 g/mol. The molecule has 3 aromatic carbocycles. The monoisotopic (exact) mass is 538 g/mol. The Morgan fingerprint density at radius 3 is 1.35 bits per heavy atom. The molecule has 40 heavy (non-hydrogen) atoms. The van der Waals surface area contributed by atoms with E-state index >= 15 is 0 Å². The van der Waals surface area contributed by atoms with E-state index in [2.05, 4.69) is 13.2 Å². The van der Waals surface area contributed by atoms with Crippen molar-refractivity contribution in [3.05, 3.63) is 109 Å². The van der Waals surface area contributed by atoms with E-state index in [0.29, 0.717) is 11.5 Å². The van der Waals surface area contributed by atoms with Crippen LogP contribution in [0.3, 0.4) is 0 Å². The van der Waals surface area contributed by atoms with Gasteiger partial charge in [-0.25, -0.2) is 9.59 Å². The number of esters is 2. The maximum absolute atomic E-state index is 12.2. The maximum Gasteiger partial charge on any atom is 0.338 e. The first kappa shape index (κ1) is 29.7. The van der Waals surface area contributed by atoms with Gasteiger partial charge >= 0.3 is 11.9 Å². The zero-order chi connectivity index (χ0) is 29.4. The number of hydrogen-bond donors (Lipinski definition) is 0. The zero-order valence-corrected chi connectivity index (χ0v) is 23.8. The lowest BCUT2D eigenvalue weighted by Crippen LogP contribution is -2.12. The van der Waals surface area contributed by atoms with E-state index < -0.39 is 11.9 Å². The summed E-state index contributed by atoms with van der Waals surface area (Å²) in [5.74, 6) is 0.199. The minimum Gasteiger partial charge on any atom is -0.461 e. The van der Waals surface area contributed by atoms with Gasteiger partial charge in [0.1, 0.15) is 0 Å². The van der Waals surface area contributed by atoms with Crippen molar-refractivity contribution in [2.75, 3.05) is 0 Å². The van der Waals surface area contributed by atoms with Crippen molar-refractivity contribution >= 4 is 11.9 Å². The van der Waals surface area contributed by atoms with E-state index in [9.17, 15) is 9.59 Å².